The number of fused-ring (bicyclic) bond motifs is 5. The summed E-state index contributed by atoms with van der Waals surface area (Å²) in [4.78, 5) is 25.1. The van der Waals surface area contributed by atoms with Gasteiger partial charge in [0.25, 0.3) is 0 Å². The molecular formula is C27H42O3. The highest BCUT2D eigenvalue weighted by Gasteiger charge is 2.65. The summed E-state index contributed by atoms with van der Waals surface area (Å²) in [6.45, 7) is 11.7. The smallest absolute Gasteiger partial charge is 0.303 e. The molecule has 168 valence electrons. The van der Waals surface area contributed by atoms with Crippen molar-refractivity contribution in [2.45, 2.75) is 92.4 Å². The lowest BCUT2D eigenvalue weighted by Crippen LogP contribution is -2.58. The van der Waals surface area contributed by atoms with Crippen molar-refractivity contribution in [3.8, 4) is 0 Å². The van der Waals surface area contributed by atoms with E-state index in [4.69, 9.17) is 0 Å². The molecule has 0 radical (unpaired) electrons. The second-order valence-corrected chi connectivity index (χ2v) is 11.8. The van der Waals surface area contributed by atoms with Crippen LogP contribution in [0.4, 0.5) is 0 Å². The Morgan fingerprint density at radius 1 is 1.20 bits per heavy atom. The summed E-state index contributed by atoms with van der Waals surface area (Å²) in [5, 5.41) is 9.19. The van der Waals surface area contributed by atoms with Gasteiger partial charge in [0.15, 0.2) is 5.78 Å². The molecular weight excluding hydrogens is 372 g/mol. The molecule has 0 aromatic heterocycles. The molecule has 0 aromatic rings. The van der Waals surface area contributed by atoms with Gasteiger partial charge in [0, 0.05) is 12.3 Å². The number of hydrogen-bond acceptors (Lipinski definition) is 2. The molecule has 0 amide bonds. The van der Waals surface area contributed by atoms with Gasteiger partial charge in [-0.2, -0.15) is 0 Å². The maximum absolute atomic E-state index is 14.0. The van der Waals surface area contributed by atoms with Crippen LogP contribution in [-0.2, 0) is 9.59 Å². The first kappa shape index (κ1) is 22.1. The zero-order chi connectivity index (χ0) is 21.8. The maximum Gasteiger partial charge on any atom is 0.303 e. The number of rotatable bonds is 4. The van der Waals surface area contributed by atoms with E-state index in [9.17, 15) is 14.7 Å². The van der Waals surface area contributed by atoms with E-state index >= 15 is 0 Å². The average molecular weight is 415 g/mol. The fourth-order valence-corrected chi connectivity index (χ4v) is 9.27. The number of carbonyl (C=O) groups is 2. The zero-order valence-electron chi connectivity index (χ0n) is 19.7. The van der Waals surface area contributed by atoms with Gasteiger partial charge >= 0.3 is 5.97 Å². The van der Waals surface area contributed by atoms with E-state index in [2.05, 4.69) is 40.7 Å². The van der Waals surface area contributed by atoms with E-state index in [-0.39, 0.29) is 23.2 Å². The van der Waals surface area contributed by atoms with Crippen molar-refractivity contribution in [2.24, 2.45) is 52.3 Å². The highest BCUT2D eigenvalue weighted by Crippen LogP contribution is 2.69. The van der Waals surface area contributed by atoms with Crippen LogP contribution < -0.4 is 0 Å². The third kappa shape index (κ3) is 3.13. The molecule has 0 bridgehead atoms. The first-order valence-corrected chi connectivity index (χ1v) is 12.6. The Bertz CT molecular complexity index is 738. The number of hydrogen-bond donors (Lipinski definition) is 1. The van der Waals surface area contributed by atoms with E-state index in [0.29, 0.717) is 41.3 Å². The van der Waals surface area contributed by atoms with Crippen LogP contribution in [0.3, 0.4) is 0 Å². The summed E-state index contributed by atoms with van der Waals surface area (Å²) in [5.41, 5.74) is 1.61. The van der Waals surface area contributed by atoms with Crippen molar-refractivity contribution in [1.29, 1.82) is 0 Å². The Morgan fingerprint density at radius 3 is 2.60 bits per heavy atom. The largest absolute Gasteiger partial charge is 0.481 e. The summed E-state index contributed by atoms with van der Waals surface area (Å²) in [6.07, 6.45) is 11.8. The minimum atomic E-state index is -0.685. The van der Waals surface area contributed by atoms with Crippen LogP contribution >= 0.6 is 0 Å². The predicted molar refractivity (Wildman–Crippen MR) is 120 cm³/mol. The van der Waals surface area contributed by atoms with Gasteiger partial charge in [0.05, 0.1) is 0 Å². The minimum Gasteiger partial charge on any atom is -0.481 e. The third-order valence-corrected chi connectivity index (χ3v) is 10.5. The SMILES string of the molecule is C/C=C1/C(=O)[C@H]2C3C(C)C[C@H]([C@H](C)CCC(=O)O)[C@@]3(C)CC[C@@H]2C2(C)CCCCC12. The molecule has 0 saturated heterocycles. The zero-order valence-corrected chi connectivity index (χ0v) is 19.7. The van der Waals surface area contributed by atoms with Crippen LogP contribution in [0.15, 0.2) is 11.6 Å². The van der Waals surface area contributed by atoms with Crippen molar-refractivity contribution in [3.63, 3.8) is 0 Å². The minimum absolute atomic E-state index is 0.172. The van der Waals surface area contributed by atoms with Gasteiger partial charge in [-0.3, -0.25) is 9.59 Å². The van der Waals surface area contributed by atoms with E-state index in [1.807, 2.05) is 0 Å². The number of carbonyl (C=O) groups excluding carboxylic acids is 1. The number of carboxylic acid groups (broad SMARTS) is 1. The van der Waals surface area contributed by atoms with Crippen LogP contribution in [-0.4, -0.2) is 16.9 Å². The third-order valence-electron chi connectivity index (χ3n) is 10.5. The number of carboxylic acids is 1. The highest BCUT2D eigenvalue weighted by atomic mass is 16.4. The van der Waals surface area contributed by atoms with Crippen molar-refractivity contribution in [3.05, 3.63) is 11.6 Å². The summed E-state index contributed by atoms with van der Waals surface area (Å²) < 4.78 is 0. The van der Waals surface area contributed by atoms with E-state index in [0.717, 1.165) is 18.4 Å². The summed E-state index contributed by atoms with van der Waals surface area (Å²) in [6, 6.07) is 0. The maximum atomic E-state index is 14.0. The second-order valence-electron chi connectivity index (χ2n) is 11.8. The van der Waals surface area contributed by atoms with Gasteiger partial charge < -0.3 is 5.11 Å². The molecule has 4 aliphatic rings. The Labute approximate surface area is 183 Å². The Morgan fingerprint density at radius 2 is 1.93 bits per heavy atom. The van der Waals surface area contributed by atoms with E-state index < -0.39 is 5.97 Å². The van der Waals surface area contributed by atoms with Gasteiger partial charge in [-0.05, 0) is 97.4 Å². The van der Waals surface area contributed by atoms with Crippen molar-refractivity contribution in [1.82, 2.24) is 0 Å². The van der Waals surface area contributed by atoms with Gasteiger partial charge in [-0.25, -0.2) is 0 Å². The number of ketones is 1. The van der Waals surface area contributed by atoms with Crippen LogP contribution in [0.5, 0.6) is 0 Å². The molecule has 0 aromatic carbocycles. The van der Waals surface area contributed by atoms with E-state index in [1.165, 1.54) is 38.5 Å². The first-order valence-electron chi connectivity index (χ1n) is 12.6. The number of aliphatic carboxylic acids is 1. The van der Waals surface area contributed by atoms with Crippen LogP contribution in [0, 0.1) is 52.3 Å². The molecule has 4 aliphatic carbocycles. The molecule has 4 saturated carbocycles. The van der Waals surface area contributed by atoms with E-state index in [1.54, 1.807) is 0 Å². The molecule has 0 spiro atoms. The molecule has 0 aliphatic heterocycles. The first-order chi connectivity index (χ1) is 14.1. The lowest BCUT2D eigenvalue weighted by Gasteiger charge is -2.61. The number of allylic oxidation sites excluding steroid dienone is 2. The summed E-state index contributed by atoms with van der Waals surface area (Å²) >= 11 is 0. The van der Waals surface area contributed by atoms with Gasteiger partial charge in [-0.1, -0.05) is 46.6 Å². The van der Waals surface area contributed by atoms with Crippen molar-refractivity contribution < 1.29 is 14.7 Å². The Kier molecular flexibility index (Phi) is 5.73. The molecule has 1 N–H and O–H groups in total. The normalized spacial score (nSPS) is 48.0. The molecule has 0 heterocycles. The quantitative estimate of drug-likeness (QED) is 0.533. The molecule has 4 unspecified atom stereocenters. The van der Waals surface area contributed by atoms with Crippen LogP contribution in [0.2, 0.25) is 0 Å². The summed E-state index contributed by atoms with van der Waals surface area (Å²) in [7, 11) is 0. The molecule has 3 heteroatoms. The fourth-order valence-electron chi connectivity index (χ4n) is 9.27. The molecule has 4 rings (SSSR count). The Hall–Kier alpha value is -1.12. The molecule has 9 atom stereocenters. The van der Waals surface area contributed by atoms with Gasteiger partial charge in [-0.15, -0.1) is 0 Å². The van der Waals surface area contributed by atoms with Crippen LogP contribution in [0.25, 0.3) is 0 Å². The van der Waals surface area contributed by atoms with Crippen molar-refractivity contribution in [2.75, 3.05) is 0 Å². The monoisotopic (exact) mass is 414 g/mol. The van der Waals surface area contributed by atoms with Crippen molar-refractivity contribution >= 4 is 11.8 Å². The second kappa shape index (κ2) is 7.78. The number of Topliss-reactive ketones (excluding diaryl/α,β-unsaturated/α-hetero) is 1. The van der Waals surface area contributed by atoms with Gasteiger partial charge in [0.2, 0.25) is 0 Å². The topological polar surface area (TPSA) is 54.4 Å². The highest BCUT2D eigenvalue weighted by molar-refractivity contribution is 5.99. The Balaban J connectivity index is 1.69. The van der Waals surface area contributed by atoms with Gasteiger partial charge in [0.1, 0.15) is 0 Å². The lowest BCUT2D eigenvalue weighted by molar-refractivity contribution is -0.149. The summed E-state index contributed by atoms with van der Waals surface area (Å²) in [5.74, 6) is 2.93. The molecule has 3 nitrogen and oxygen atoms in total. The predicted octanol–water partition coefficient (Wildman–Crippen LogP) is 6.52. The van der Waals surface area contributed by atoms with Crippen LogP contribution in [0.1, 0.15) is 92.4 Å². The molecule has 30 heavy (non-hydrogen) atoms. The fraction of sp³-hybridized carbons (Fsp3) is 0.852. The lowest BCUT2D eigenvalue weighted by atomic mass is 9.42. The molecule has 4 fully saturated rings. The average Bonchev–Trinajstić information content (AvgIpc) is 2.97. The standard InChI is InChI=1S/C27H42O3/c1-6-18-19-9-7-8-13-26(19,4)20-12-14-27(5)21(16(2)10-11-22(28)29)15-17(3)24(27)23(20)25(18)30/h6,16-17,19-21,23-24H,7-15H2,1-5H3,(H,28,29)/b18-6+/t16-,17?,19?,20+,21-,23-,24?,26?,27-/m1/s1.